The van der Waals surface area contributed by atoms with E-state index in [1.165, 1.54) is 51.0 Å². The molecule has 5 heteroatoms. The standard InChI is InChI=1S/C18H34O3Si2/c1-22(2,10-9-13-5-7-15-17(11-13)19-15)21-23(3,4)14-6-8-16-18(12-14)20-16/h13-18H,5-12H2,1-4H3. The zero-order valence-electron chi connectivity index (χ0n) is 15.3. The van der Waals surface area contributed by atoms with Crippen LogP contribution in [0, 0.1) is 5.92 Å². The monoisotopic (exact) mass is 354 g/mol. The van der Waals surface area contributed by atoms with Crippen molar-refractivity contribution in [1.29, 1.82) is 0 Å². The Balaban J connectivity index is 1.27. The van der Waals surface area contributed by atoms with E-state index in [1.807, 2.05) is 0 Å². The first-order valence-electron chi connectivity index (χ1n) is 9.83. The lowest BCUT2D eigenvalue weighted by Gasteiger charge is -2.40. The van der Waals surface area contributed by atoms with Crippen LogP contribution in [0.15, 0.2) is 0 Å². The van der Waals surface area contributed by atoms with E-state index >= 15 is 0 Å². The van der Waals surface area contributed by atoms with Gasteiger partial charge >= 0.3 is 0 Å². The van der Waals surface area contributed by atoms with Crippen LogP contribution in [0.4, 0.5) is 0 Å². The third-order valence-electron chi connectivity index (χ3n) is 6.79. The molecule has 0 aromatic carbocycles. The Morgan fingerprint density at radius 3 is 2.13 bits per heavy atom. The highest BCUT2D eigenvalue weighted by Crippen LogP contribution is 2.47. The van der Waals surface area contributed by atoms with Gasteiger partial charge in [-0.15, -0.1) is 0 Å². The van der Waals surface area contributed by atoms with Crippen molar-refractivity contribution in [2.24, 2.45) is 5.92 Å². The van der Waals surface area contributed by atoms with Crippen LogP contribution >= 0.6 is 0 Å². The number of hydrogen-bond donors (Lipinski definition) is 0. The summed E-state index contributed by atoms with van der Waals surface area (Å²) in [7, 11) is -3.13. The first-order chi connectivity index (χ1) is 10.8. The van der Waals surface area contributed by atoms with Crippen LogP contribution in [0.5, 0.6) is 0 Å². The Labute approximate surface area is 143 Å². The van der Waals surface area contributed by atoms with Gasteiger partial charge < -0.3 is 13.6 Å². The molecule has 0 aromatic heterocycles. The van der Waals surface area contributed by atoms with E-state index < -0.39 is 16.6 Å². The zero-order chi connectivity index (χ0) is 16.2. The minimum absolute atomic E-state index is 0.586. The predicted molar refractivity (Wildman–Crippen MR) is 97.7 cm³/mol. The average Bonchev–Trinajstić information content (AvgIpc) is 3.36. The Morgan fingerprint density at radius 2 is 1.48 bits per heavy atom. The summed E-state index contributed by atoms with van der Waals surface area (Å²) in [6.45, 7) is 9.86. The predicted octanol–water partition coefficient (Wildman–Crippen LogP) is 4.69. The van der Waals surface area contributed by atoms with Gasteiger partial charge in [0.1, 0.15) is 0 Å². The fourth-order valence-corrected chi connectivity index (χ4v) is 14.7. The van der Waals surface area contributed by atoms with Gasteiger partial charge in [-0.25, -0.2) is 0 Å². The Hall–Kier alpha value is 0.314. The summed E-state index contributed by atoms with van der Waals surface area (Å²) < 4.78 is 18.4. The van der Waals surface area contributed by atoms with Crippen LogP contribution in [0.25, 0.3) is 0 Å². The van der Waals surface area contributed by atoms with E-state index in [2.05, 4.69) is 26.2 Å². The van der Waals surface area contributed by atoms with Crippen molar-refractivity contribution < 1.29 is 13.6 Å². The fraction of sp³-hybridized carbons (Fsp3) is 1.00. The van der Waals surface area contributed by atoms with E-state index in [9.17, 15) is 0 Å². The molecule has 4 rings (SSSR count). The lowest BCUT2D eigenvalue weighted by molar-refractivity contribution is 0.354. The second kappa shape index (κ2) is 5.94. The molecule has 2 aliphatic heterocycles. The van der Waals surface area contributed by atoms with E-state index in [0.29, 0.717) is 24.4 Å². The topological polar surface area (TPSA) is 34.3 Å². The lowest BCUT2D eigenvalue weighted by atomic mass is 9.88. The van der Waals surface area contributed by atoms with Crippen molar-refractivity contribution in [2.75, 3.05) is 0 Å². The average molecular weight is 355 g/mol. The molecule has 6 atom stereocenters. The molecular weight excluding hydrogens is 320 g/mol. The van der Waals surface area contributed by atoms with Gasteiger partial charge in [0.05, 0.1) is 24.4 Å². The summed E-state index contributed by atoms with van der Waals surface area (Å²) >= 11 is 0. The highest BCUT2D eigenvalue weighted by atomic mass is 28.4. The molecule has 2 aliphatic carbocycles. The quantitative estimate of drug-likeness (QED) is 0.512. The molecule has 6 unspecified atom stereocenters. The summed E-state index contributed by atoms with van der Waals surface area (Å²) in [4.78, 5) is 0. The highest BCUT2D eigenvalue weighted by Gasteiger charge is 2.50. The minimum atomic E-state index is -1.59. The van der Waals surface area contributed by atoms with Crippen LogP contribution in [0.1, 0.15) is 44.9 Å². The van der Waals surface area contributed by atoms with E-state index in [-0.39, 0.29) is 0 Å². The van der Waals surface area contributed by atoms with E-state index in [0.717, 1.165) is 11.5 Å². The van der Waals surface area contributed by atoms with Crippen LogP contribution in [-0.2, 0) is 13.6 Å². The van der Waals surface area contributed by atoms with E-state index in [4.69, 9.17) is 13.6 Å². The van der Waals surface area contributed by atoms with Crippen molar-refractivity contribution in [3.8, 4) is 0 Å². The lowest BCUT2D eigenvalue weighted by Crippen LogP contribution is -2.48. The molecule has 2 saturated heterocycles. The molecule has 3 nitrogen and oxygen atoms in total. The van der Waals surface area contributed by atoms with Crippen LogP contribution in [0.3, 0.4) is 0 Å². The fourth-order valence-electron chi connectivity index (χ4n) is 5.18. The first-order valence-corrected chi connectivity index (χ1v) is 15.9. The van der Waals surface area contributed by atoms with Crippen molar-refractivity contribution in [1.82, 2.24) is 0 Å². The molecule has 0 amide bonds. The van der Waals surface area contributed by atoms with Crippen LogP contribution in [-0.4, -0.2) is 41.1 Å². The molecule has 23 heavy (non-hydrogen) atoms. The SMILES string of the molecule is C[Si](C)(CCC1CCC2OC2C1)O[Si](C)(C)C1CCC2OC2C1. The summed E-state index contributed by atoms with van der Waals surface area (Å²) in [5.41, 5.74) is 0.813. The number of rotatable bonds is 6. The van der Waals surface area contributed by atoms with Crippen molar-refractivity contribution >= 4 is 16.6 Å². The number of ether oxygens (including phenoxy) is 2. The van der Waals surface area contributed by atoms with E-state index in [1.54, 1.807) is 0 Å². The molecule has 4 aliphatic rings. The summed E-state index contributed by atoms with van der Waals surface area (Å²) in [5.74, 6) is 0.897. The molecule has 0 aromatic rings. The normalized spacial score (nSPS) is 42.8. The van der Waals surface area contributed by atoms with Gasteiger partial charge in [-0.2, -0.15) is 0 Å². The smallest absolute Gasteiger partial charge is 0.176 e. The van der Waals surface area contributed by atoms with Gasteiger partial charge in [-0.05, 0) is 82.2 Å². The maximum atomic E-state index is 6.95. The van der Waals surface area contributed by atoms with Crippen molar-refractivity contribution in [3.05, 3.63) is 0 Å². The Morgan fingerprint density at radius 1 is 0.826 bits per heavy atom. The molecule has 2 heterocycles. The second-order valence-corrected chi connectivity index (χ2v) is 18.5. The van der Waals surface area contributed by atoms with Crippen molar-refractivity contribution in [3.63, 3.8) is 0 Å². The van der Waals surface area contributed by atoms with Gasteiger partial charge in [-0.1, -0.05) is 6.42 Å². The Bertz CT molecular complexity index is 454. The summed E-state index contributed by atoms with van der Waals surface area (Å²) in [6, 6.07) is 1.33. The summed E-state index contributed by atoms with van der Waals surface area (Å²) in [6.07, 6.45) is 11.7. The third kappa shape index (κ3) is 3.94. The highest BCUT2D eigenvalue weighted by molar-refractivity contribution is 6.85. The number of epoxide rings is 2. The molecule has 0 N–H and O–H groups in total. The van der Waals surface area contributed by atoms with Crippen LogP contribution < -0.4 is 0 Å². The molecule has 0 radical (unpaired) electrons. The molecule has 2 saturated carbocycles. The van der Waals surface area contributed by atoms with Crippen LogP contribution in [0.2, 0.25) is 37.8 Å². The maximum Gasteiger partial charge on any atom is 0.176 e. The number of fused-ring (bicyclic) bond motifs is 2. The third-order valence-corrected chi connectivity index (χ3v) is 15.1. The zero-order valence-corrected chi connectivity index (χ0v) is 17.3. The van der Waals surface area contributed by atoms with Crippen molar-refractivity contribution in [2.45, 2.75) is 107 Å². The molecular formula is C18H34O3Si2. The van der Waals surface area contributed by atoms with Gasteiger partial charge in [0.25, 0.3) is 0 Å². The van der Waals surface area contributed by atoms with Gasteiger partial charge in [0, 0.05) is 0 Å². The van der Waals surface area contributed by atoms with Gasteiger partial charge in [0.15, 0.2) is 16.6 Å². The molecule has 0 spiro atoms. The first kappa shape index (κ1) is 16.8. The molecule has 4 fully saturated rings. The Kier molecular flexibility index (Phi) is 4.33. The van der Waals surface area contributed by atoms with Gasteiger partial charge in [-0.3, -0.25) is 0 Å². The second-order valence-electron chi connectivity index (χ2n) is 9.62. The van der Waals surface area contributed by atoms with Gasteiger partial charge in [0.2, 0.25) is 0 Å². The summed E-state index contributed by atoms with van der Waals surface area (Å²) in [5, 5.41) is 0. The maximum absolute atomic E-state index is 6.95. The molecule has 132 valence electrons. The molecule has 0 bridgehead atoms. The number of hydrogen-bond acceptors (Lipinski definition) is 3. The minimum Gasteiger partial charge on any atom is -0.455 e. The largest absolute Gasteiger partial charge is 0.455 e.